The van der Waals surface area contributed by atoms with E-state index in [1.165, 1.54) is 75.1 Å². The van der Waals surface area contributed by atoms with E-state index in [0.29, 0.717) is 0 Å². The van der Waals surface area contributed by atoms with Crippen molar-refractivity contribution < 1.29 is 0 Å². The molecule has 7 aromatic carbocycles. The second kappa shape index (κ2) is 10.6. The van der Waals surface area contributed by atoms with E-state index in [1.54, 1.807) is 0 Å². The molecule has 0 spiro atoms. The molecule has 0 aliphatic carbocycles. The van der Waals surface area contributed by atoms with Gasteiger partial charge in [-0.1, -0.05) is 140 Å². The van der Waals surface area contributed by atoms with Crippen LogP contribution in [0, 0.1) is 0 Å². The topological polar surface area (TPSA) is 12.9 Å². The molecule has 0 aliphatic heterocycles. The fourth-order valence-electron chi connectivity index (χ4n) is 6.79. The van der Waals surface area contributed by atoms with Crippen molar-refractivity contribution in [1.29, 1.82) is 0 Å². The molecule has 0 bridgehead atoms. The highest BCUT2D eigenvalue weighted by atomic mass is 32.1. The number of hydrogen-bond acceptors (Lipinski definition) is 2. The van der Waals surface area contributed by atoms with Crippen LogP contribution in [-0.2, 0) is 0 Å². The molecule has 210 valence electrons. The normalized spacial score (nSPS) is 11.6. The van der Waals surface area contributed by atoms with Gasteiger partial charge in [0.15, 0.2) is 0 Å². The Morgan fingerprint density at radius 3 is 1.51 bits per heavy atom. The van der Waals surface area contributed by atoms with Crippen molar-refractivity contribution in [2.75, 3.05) is 0 Å². The number of hydrogen-bond donors (Lipinski definition) is 0. The minimum absolute atomic E-state index is 0.986. The van der Waals surface area contributed by atoms with E-state index in [-0.39, 0.29) is 0 Å². The first-order valence-electron chi connectivity index (χ1n) is 15.3. The van der Waals surface area contributed by atoms with Gasteiger partial charge in [0.2, 0.25) is 0 Å². The molecule has 0 aliphatic rings. The van der Waals surface area contributed by atoms with E-state index < -0.39 is 0 Å². The van der Waals surface area contributed by atoms with Gasteiger partial charge in [-0.25, -0.2) is 0 Å². The standard InChI is InChI=1S/C43H27NS/c1-2-10-28(11-3-1)29-18-20-30(21-19-29)42-35-13-4-6-15-37(35)43(38-16-7-5-14-36(38)42)39-25-23-32(27-44-39)31-22-24-34-33-12-8-9-17-40(33)45-41(34)26-31/h1-27H. The molecular formula is C43H27NS. The number of pyridine rings is 1. The largest absolute Gasteiger partial charge is 0.256 e. The number of nitrogens with zero attached hydrogens (tertiary/aromatic N) is 1. The zero-order valence-electron chi connectivity index (χ0n) is 24.4. The van der Waals surface area contributed by atoms with Crippen molar-refractivity contribution in [2.24, 2.45) is 0 Å². The monoisotopic (exact) mass is 589 g/mol. The minimum Gasteiger partial charge on any atom is -0.256 e. The van der Waals surface area contributed by atoms with Crippen LogP contribution in [0.15, 0.2) is 164 Å². The third kappa shape index (κ3) is 4.34. The van der Waals surface area contributed by atoms with E-state index in [4.69, 9.17) is 4.98 Å². The third-order valence-electron chi connectivity index (χ3n) is 8.94. The lowest BCUT2D eigenvalue weighted by molar-refractivity contribution is 1.34. The van der Waals surface area contributed by atoms with Gasteiger partial charge >= 0.3 is 0 Å². The number of fused-ring (bicyclic) bond motifs is 5. The highest BCUT2D eigenvalue weighted by Gasteiger charge is 2.17. The van der Waals surface area contributed by atoms with E-state index in [2.05, 4.69) is 158 Å². The molecule has 1 nitrogen and oxygen atoms in total. The van der Waals surface area contributed by atoms with Gasteiger partial charge in [0.25, 0.3) is 0 Å². The summed E-state index contributed by atoms with van der Waals surface area (Å²) in [5, 5.41) is 7.54. The smallest absolute Gasteiger partial charge is 0.0714 e. The lowest BCUT2D eigenvalue weighted by atomic mass is 9.87. The van der Waals surface area contributed by atoms with Gasteiger partial charge in [-0.05, 0) is 67.6 Å². The summed E-state index contributed by atoms with van der Waals surface area (Å²) in [6.45, 7) is 0. The molecule has 0 N–H and O–H groups in total. The fourth-order valence-corrected chi connectivity index (χ4v) is 7.94. The van der Waals surface area contributed by atoms with Crippen molar-refractivity contribution in [2.45, 2.75) is 0 Å². The predicted octanol–water partition coefficient (Wildman–Crippen LogP) is 12.4. The van der Waals surface area contributed by atoms with Gasteiger partial charge in [0.05, 0.1) is 5.69 Å². The molecule has 45 heavy (non-hydrogen) atoms. The second-order valence-electron chi connectivity index (χ2n) is 11.5. The Labute approximate surface area is 265 Å². The first-order chi connectivity index (χ1) is 22.3. The lowest BCUT2D eigenvalue weighted by Crippen LogP contribution is -1.92. The highest BCUT2D eigenvalue weighted by Crippen LogP contribution is 2.44. The molecule has 0 amide bonds. The fraction of sp³-hybridized carbons (Fsp3) is 0. The quantitative estimate of drug-likeness (QED) is 0.186. The van der Waals surface area contributed by atoms with Gasteiger partial charge in [-0.15, -0.1) is 11.3 Å². The minimum atomic E-state index is 0.986. The number of rotatable bonds is 4. The van der Waals surface area contributed by atoms with Crippen LogP contribution >= 0.6 is 11.3 Å². The maximum absolute atomic E-state index is 5.10. The lowest BCUT2D eigenvalue weighted by Gasteiger charge is -2.17. The van der Waals surface area contributed by atoms with Gasteiger partial charge in [-0.2, -0.15) is 0 Å². The first-order valence-corrected chi connectivity index (χ1v) is 16.1. The summed E-state index contributed by atoms with van der Waals surface area (Å²) in [5.41, 5.74) is 9.41. The van der Waals surface area contributed by atoms with Crippen LogP contribution < -0.4 is 0 Å². The van der Waals surface area contributed by atoms with Gasteiger partial charge in [-0.3, -0.25) is 4.98 Å². The van der Waals surface area contributed by atoms with Crippen LogP contribution in [0.5, 0.6) is 0 Å². The molecule has 2 aromatic heterocycles. The molecule has 0 saturated carbocycles. The summed E-state index contributed by atoms with van der Waals surface area (Å²) < 4.78 is 2.63. The Kier molecular flexibility index (Phi) is 6.07. The van der Waals surface area contributed by atoms with Crippen molar-refractivity contribution in [3.05, 3.63) is 164 Å². The Morgan fingerprint density at radius 2 is 0.844 bits per heavy atom. The van der Waals surface area contributed by atoms with E-state index in [0.717, 1.165) is 11.3 Å². The Hall–Kier alpha value is -5.57. The second-order valence-corrected chi connectivity index (χ2v) is 12.6. The average molecular weight is 590 g/mol. The molecule has 0 unspecified atom stereocenters. The van der Waals surface area contributed by atoms with Crippen LogP contribution in [0.3, 0.4) is 0 Å². The zero-order chi connectivity index (χ0) is 29.7. The zero-order valence-corrected chi connectivity index (χ0v) is 25.3. The maximum atomic E-state index is 5.10. The predicted molar refractivity (Wildman–Crippen MR) is 194 cm³/mol. The Morgan fingerprint density at radius 1 is 0.333 bits per heavy atom. The van der Waals surface area contributed by atoms with Crippen LogP contribution in [0.4, 0.5) is 0 Å². The van der Waals surface area contributed by atoms with Crippen molar-refractivity contribution in [3.63, 3.8) is 0 Å². The maximum Gasteiger partial charge on any atom is 0.0714 e. The molecule has 9 rings (SSSR count). The molecule has 9 aromatic rings. The summed E-state index contributed by atoms with van der Waals surface area (Å²) >= 11 is 1.85. The molecule has 2 heterocycles. The Bertz CT molecular complexity index is 2450. The molecule has 0 radical (unpaired) electrons. The summed E-state index contributed by atoms with van der Waals surface area (Å²) in [6.07, 6.45) is 2.03. The van der Waals surface area contributed by atoms with Gasteiger partial charge in [0, 0.05) is 37.5 Å². The van der Waals surface area contributed by atoms with Crippen LogP contribution in [0.25, 0.3) is 86.4 Å². The van der Waals surface area contributed by atoms with Crippen molar-refractivity contribution >= 4 is 53.1 Å². The van der Waals surface area contributed by atoms with Crippen molar-refractivity contribution in [1.82, 2.24) is 4.98 Å². The van der Waals surface area contributed by atoms with Crippen LogP contribution in [0.1, 0.15) is 0 Å². The summed E-state index contributed by atoms with van der Waals surface area (Å²) in [5.74, 6) is 0. The van der Waals surface area contributed by atoms with E-state index in [1.807, 2.05) is 17.5 Å². The molecule has 0 fully saturated rings. The molecule has 2 heteroatoms. The van der Waals surface area contributed by atoms with E-state index >= 15 is 0 Å². The SMILES string of the molecule is c1ccc(-c2ccc(-c3c4ccccc4c(-c4ccc(-c5ccc6c(c5)sc5ccccc56)cn4)c4ccccc34)cc2)cc1. The third-order valence-corrected chi connectivity index (χ3v) is 10.1. The molecule has 0 atom stereocenters. The van der Waals surface area contributed by atoms with Crippen LogP contribution in [-0.4, -0.2) is 4.98 Å². The number of thiophene rings is 1. The highest BCUT2D eigenvalue weighted by molar-refractivity contribution is 7.25. The van der Waals surface area contributed by atoms with Gasteiger partial charge < -0.3 is 0 Å². The van der Waals surface area contributed by atoms with Gasteiger partial charge in [0.1, 0.15) is 0 Å². The summed E-state index contributed by atoms with van der Waals surface area (Å²) in [7, 11) is 0. The number of benzene rings is 7. The van der Waals surface area contributed by atoms with Crippen LogP contribution in [0.2, 0.25) is 0 Å². The first kappa shape index (κ1) is 25.9. The molecular weight excluding hydrogens is 563 g/mol. The summed E-state index contributed by atoms with van der Waals surface area (Å²) in [6, 6.07) is 56.9. The summed E-state index contributed by atoms with van der Waals surface area (Å²) in [4.78, 5) is 5.10. The molecule has 0 saturated heterocycles. The Balaban J connectivity index is 1.17. The number of aromatic nitrogens is 1. The van der Waals surface area contributed by atoms with E-state index in [9.17, 15) is 0 Å². The van der Waals surface area contributed by atoms with Crippen molar-refractivity contribution in [3.8, 4) is 44.6 Å². The average Bonchev–Trinajstić information content (AvgIpc) is 3.49.